The van der Waals surface area contributed by atoms with Crippen LogP contribution in [0.15, 0.2) is 28.7 Å². The Morgan fingerprint density at radius 3 is 2.47 bits per heavy atom. The smallest absolute Gasteiger partial charge is 0.0178 e. The zero-order chi connectivity index (χ0) is 12.8. The zero-order valence-corrected chi connectivity index (χ0v) is 12.9. The number of benzene rings is 1. The summed E-state index contributed by atoms with van der Waals surface area (Å²) in [7, 11) is 0. The van der Waals surface area contributed by atoms with Gasteiger partial charge in [-0.05, 0) is 29.5 Å². The molecule has 0 amide bonds. The summed E-state index contributed by atoms with van der Waals surface area (Å²) >= 11 is 3.56. The van der Waals surface area contributed by atoms with Crippen LogP contribution in [0, 0.1) is 5.92 Å². The van der Waals surface area contributed by atoms with E-state index in [1.165, 1.54) is 16.5 Å². The van der Waals surface area contributed by atoms with E-state index in [2.05, 4.69) is 73.2 Å². The second kappa shape index (κ2) is 7.17. The van der Waals surface area contributed by atoms with Crippen LogP contribution < -0.4 is 5.32 Å². The third kappa shape index (κ3) is 4.81. The molecule has 0 aliphatic heterocycles. The standard InChI is InChI=1S/C15H24BrN/c1-5-12(4)15(10-17-11(2)3)13-7-6-8-14(16)9-13/h6-9,11-12,15,17H,5,10H2,1-4H3. The first-order valence-electron chi connectivity index (χ1n) is 6.53. The molecule has 0 fully saturated rings. The predicted molar refractivity (Wildman–Crippen MR) is 79.5 cm³/mol. The van der Waals surface area contributed by atoms with Crippen LogP contribution in [0.1, 0.15) is 45.6 Å². The van der Waals surface area contributed by atoms with Gasteiger partial charge in [-0.25, -0.2) is 0 Å². The van der Waals surface area contributed by atoms with Crippen LogP contribution in [0.2, 0.25) is 0 Å². The molecule has 2 heteroatoms. The Hall–Kier alpha value is -0.340. The fourth-order valence-corrected chi connectivity index (χ4v) is 2.45. The minimum absolute atomic E-state index is 0.550. The molecule has 0 radical (unpaired) electrons. The van der Waals surface area contributed by atoms with Gasteiger partial charge in [0.2, 0.25) is 0 Å². The van der Waals surface area contributed by atoms with E-state index in [4.69, 9.17) is 0 Å². The molecule has 0 aromatic heterocycles. The molecule has 1 rings (SSSR count). The van der Waals surface area contributed by atoms with Gasteiger partial charge in [0.1, 0.15) is 0 Å². The van der Waals surface area contributed by atoms with Crippen molar-refractivity contribution in [1.29, 1.82) is 0 Å². The van der Waals surface area contributed by atoms with Gasteiger partial charge < -0.3 is 5.32 Å². The molecule has 0 heterocycles. The molecule has 0 bridgehead atoms. The zero-order valence-electron chi connectivity index (χ0n) is 11.3. The molecule has 96 valence electrons. The number of hydrogen-bond acceptors (Lipinski definition) is 1. The maximum Gasteiger partial charge on any atom is 0.0178 e. The fraction of sp³-hybridized carbons (Fsp3) is 0.600. The van der Waals surface area contributed by atoms with E-state index >= 15 is 0 Å². The molecule has 1 aromatic carbocycles. The SMILES string of the molecule is CCC(C)C(CNC(C)C)c1cccc(Br)c1. The molecule has 1 N–H and O–H groups in total. The number of nitrogens with one attached hydrogen (secondary N) is 1. The van der Waals surface area contributed by atoms with Crippen LogP contribution in [0.5, 0.6) is 0 Å². The van der Waals surface area contributed by atoms with E-state index in [1.54, 1.807) is 0 Å². The Morgan fingerprint density at radius 2 is 1.94 bits per heavy atom. The Morgan fingerprint density at radius 1 is 1.24 bits per heavy atom. The first kappa shape index (κ1) is 14.7. The lowest BCUT2D eigenvalue weighted by Gasteiger charge is -2.25. The van der Waals surface area contributed by atoms with Crippen molar-refractivity contribution in [2.45, 2.75) is 46.1 Å². The normalized spacial score (nSPS) is 14.9. The van der Waals surface area contributed by atoms with Gasteiger partial charge >= 0.3 is 0 Å². The Bertz CT molecular complexity index is 335. The average molecular weight is 298 g/mol. The van der Waals surface area contributed by atoms with E-state index in [0.717, 1.165) is 6.54 Å². The largest absolute Gasteiger partial charge is 0.314 e. The molecular formula is C15H24BrN. The minimum Gasteiger partial charge on any atom is -0.314 e. The highest BCUT2D eigenvalue weighted by Gasteiger charge is 2.18. The van der Waals surface area contributed by atoms with Crippen LogP contribution in [-0.4, -0.2) is 12.6 Å². The van der Waals surface area contributed by atoms with E-state index in [1.807, 2.05) is 0 Å². The van der Waals surface area contributed by atoms with Gasteiger partial charge in [-0.15, -0.1) is 0 Å². The maximum atomic E-state index is 3.56. The van der Waals surface area contributed by atoms with Crippen molar-refractivity contribution in [2.24, 2.45) is 5.92 Å². The minimum atomic E-state index is 0.550. The summed E-state index contributed by atoms with van der Waals surface area (Å²) in [5, 5.41) is 3.56. The summed E-state index contributed by atoms with van der Waals surface area (Å²) in [5.74, 6) is 1.30. The van der Waals surface area contributed by atoms with Gasteiger partial charge in [-0.3, -0.25) is 0 Å². The van der Waals surface area contributed by atoms with Gasteiger partial charge in [-0.2, -0.15) is 0 Å². The topological polar surface area (TPSA) is 12.0 Å². The highest BCUT2D eigenvalue weighted by molar-refractivity contribution is 9.10. The molecule has 1 aromatic rings. The molecule has 0 spiro atoms. The molecule has 0 saturated carbocycles. The van der Waals surface area contributed by atoms with Crippen molar-refractivity contribution in [3.05, 3.63) is 34.3 Å². The van der Waals surface area contributed by atoms with Gasteiger partial charge in [0.25, 0.3) is 0 Å². The summed E-state index contributed by atoms with van der Waals surface area (Å²) in [6, 6.07) is 9.26. The van der Waals surface area contributed by atoms with Crippen LogP contribution in [-0.2, 0) is 0 Å². The van der Waals surface area contributed by atoms with E-state index in [9.17, 15) is 0 Å². The third-order valence-electron chi connectivity index (χ3n) is 3.35. The Balaban J connectivity index is 2.82. The molecule has 2 unspecified atom stereocenters. The second-order valence-corrected chi connectivity index (χ2v) is 6.03. The van der Waals surface area contributed by atoms with E-state index in [0.29, 0.717) is 17.9 Å². The summed E-state index contributed by atoms with van der Waals surface area (Å²) in [5.41, 5.74) is 1.43. The Kier molecular flexibility index (Phi) is 6.21. The maximum absolute atomic E-state index is 3.56. The van der Waals surface area contributed by atoms with Gasteiger partial charge in [0, 0.05) is 17.1 Å². The van der Waals surface area contributed by atoms with Crippen molar-refractivity contribution in [2.75, 3.05) is 6.54 Å². The lowest BCUT2D eigenvalue weighted by Crippen LogP contribution is -2.30. The lowest BCUT2D eigenvalue weighted by molar-refractivity contribution is 0.407. The summed E-state index contributed by atoms with van der Waals surface area (Å²) in [6.07, 6.45) is 1.22. The van der Waals surface area contributed by atoms with Gasteiger partial charge in [-0.1, -0.05) is 62.2 Å². The van der Waals surface area contributed by atoms with Crippen molar-refractivity contribution < 1.29 is 0 Å². The number of hydrogen-bond donors (Lipinski definition) is 1. The van der Waals surface area contributed by atoms with Crippen LogP contribution in [0.4, 0.5) is 0 Å². The van der Waals surface area contributed by atoms with Crippen molar-refractivity contribution in [3.8, 4) is 0 Å². The molecule has 1 nitrogen and oxygen atoms in total. The Labute approximate surface area is 114 Å². The van der Waals surface area contributed by atoms with Crippen LogP contribution >= 0.6 is 15.9 Å². The van der Waals surface area contributed by atoms with Gasteiger partial charge in [0.15, 0.2) is 0 Å². The molecule has 0 aliphatic carbocycles. The van der Waals surface area contributed by atoms with Crippen LogP contribution in [0.25, 0.3) is 0 Å². The van der Waals surface area contributed by atoms with Gasteiger partial charge in [0.05, 0.1) is 0 Å². The predicted octanol–water partition coefficient (Wildman–Crippen LogP) is 4.58. The first-order chi connectivity index (χ1) is 8.04. The third-order valence-corrected chi connectivity index (χ3v) is 3.85. The molecular weight excluding hydrogens is 274 g/mol. The quantitative estimate of drug-likeness (QED) is 0.810. The summed E-state index contributed by atoms with van der Waals surface area (Å²) in [4.78, 5) is 0. The number of halogens is 1. The molecule has 17 heavy (non-hydrogen) atoms. The van der Waals surface area contributed by atoms with Crippen molar-refractivity contribution in [3.63, 3.8) is 0 Å². The molecule has 0 aliphatic rings. The average Bonchev–Trinajstić information content (AvgIpc) is 2.28. The second-order valence-electron chi connectivity index (χ2n) is 5.11. The lowest BCUT2D eigenvalue weighted by atomic mass is 9.85. The first-order valence-corrected chi connectivity index (χ1v) is 7.32. The van der Waals surface area contributed by atoms with Crippen molar-refractivity contribution in [1.82, 2.24) is 5.32 Å². The number of rotatable bonds is 6. The fourth-order valence-electron chi connectivity index (χ4n) is 2.03. The monoisotopic (exact) mass is 297 g/mol. The van der Waals surface area contributed by atoms with Crippen LogP contribution in [0.3, 0.4) is 0 Å². The summed E-state index contributed by atoms with van der Waals surface area (Å²) < 4.78 is 1.17. The van der Waals surface area contributed by atoms with E-state index in [-0.39, 0.29) is 0 Å². The highest BCUT2D eigenvalue weighted by Crippen LogP contribution is 2.28. The van der Waals surface area contributed by atoms with Crippen molar-refractivity contribution >= 4 is 15.9 Å². The molecule has 2 atom stereocenters. The summed E-state index contributed by atoms with van der Waals surface area (Å²) in [6.45, 7) is 10.1. The van der Waals surface area contributed by atoms with E-state index < -0.39 is 0 Å². The highest BCUT2D eigenvalue weighted by atomic mass is 79.9. The molecule has 0 saturated heterocycles.